The Morgan fingerprint density at radius 1 is 1.21 bits per heavy atom. The smallest absolute Gasteiger partial charge is 0.208 e. The topological polar surface area (TPSA) is 29.0 Å². The highest BCUT2D eigenvalue weighted by Crippen LogP contribution is 2.41. The summed E-state index contributed by atoms with van der Waals surface area (Å²) in [6, 6.07) is 0. The second-order valence-corrected chi connectivity index (χ2v) is 8.32. The van der Waals surface area contributed by atoms with Gasteiger partial charge in [0.25, 0.3) is 0 Å². The molecule has 0 amide bonds. The fraction of sp³-hybridized carbons (Fsp3) is 0.846. The van der Waals surface area contributed by atoms with Crippen LogP contribution in [-0.4, -0.2) is 35.4 Å². The zero-order valence-electron chi connectivity index (χ0n) is 11.7. The Labute approximate surface area is 132 Å². The van der Waals surface area contributed by atoms with Crippen LogP contribution in [0.5, 0.6) is 0 Å². The lowest BCUT2D eigenvalue weighted by Gasteiger charge is -2.29. The Bertz CT molecular complexity index is 387. The summed E-state index contributed by atoms with van der Waals surface area (Å²) in [6.45, 7) is 0. The van der Waals surface area contributed by atoms with Crippen LogP contribution in [0, 0.1) is 5.41 Å². The van der Waals surface area contributed by atoms with Gasteiger partial charge in [0.15, 0.2) is 4.34 Å². The predicted octanol–water partition coefficient (Wildman–Crippen LogP) is 4.43. The molecule has 1 saturated carbocycles. The van der Waals surface area contributed by atoms with Crippen LogP contribution in [0.4, 0.5) is 5.13 Å². The van der Waals surface area contributed by atoms with Gasteiger partial charge in [-0.15, -0.1) is 10.2 Å². The summed E-state index contributed by atoms with van der Waals surface area (Å²) in [5.74, 6) is 1.17. The average Bonchev–Trinajstić information content (AvgIpc) is 2.76. The Balaban J connectivity index is 1.94. The molecule has 0 radical (unpaired) electrons. The van der Waals surface area contributed by atoms with Gasteiger partial charge in [-0.2, -0.15) is 0 Å². The minimum Gasteiger partial charge on any atom is -0.353 e. The van der Waals surface area contributed by atoms with Gasteiger partial charge in [-0.3, -0.25) is 0 Å². The second-order valence-electron chi connectivity index (χ2n) is 5.58. The number of rotatable bonds is 5. The van der Waals surface area contributed by atoms with Gasteiger partial charge in [0, 0.05) is 25.2 Å². The third kappa shape index (κ3) is 4.33. The number of thioether (sulfide) groups is 1. The van der Waals surface area contributed by atoms with E-state index in [2.05, 4.69) is 26.1 Å². The molecule has 2 rings (SSSR count). The molecule has 0 aromatic carbocycles. The first-order chi connectivity index (χ1) is 9.15. The van der Waals surface area contributed by atoms with Crippen molar-refractivity contribution in [1.82, 2.24) is 10.2 Å². The maximum atomic E-state index is 4.29. The Morgan fingerprint density at radius 3 is 2.42 bits per heavy atom. The van der Waals surface area contributed by atoms with Crippen molar-refractivity contribution in [2.75, 3.05) is 30.1 Å². The molecule has 0 saturated heterocycles. The predicted molar refractivity (Wildman–Crippen MR) is 88.9 cm³/mol. The van der Waals surface area contributed by atoms with Crippen molar-refractivity contribution >= 4 is 44.2 Å². The van der Waals surface area contributed by atoms with Gasteiger partial charge in [0.1, 0.15) is 0 Å². The minimum atomic E-state index is 0.463. The summed E-state index contributed by atoms with van der Waals surface area (Å²) in [4.78, 5) is 2.02. The molecule has 1 aromatic rings. The van der Waals surface area contributed by atoms with Gasteiger partial charge in [-0.25, -0.2) is 0 Å². The maximum Gasteiger partial charge on any atom is 0.208 e. The van der Waals surface area contributed by atoms with E-state index in [-0.39, 0.29) is 0 Å². The van der Waals surface area contributed by atoms with Crippen LogP contribution in [0.3, 0.4) is 0 Å². The minimum absolute atomic E-state index is 0.463. The highest BCUT2D eigenvalue weighted by molar-refractivity contribution is 9.09. The first-order valence-corrected chi connectivity index (χ1v) is 9.77. The standard InChI is InChI=1S/C13H22BrN3S2/c1-17(2)11-15-16-12(19-11)18-10-13(9-14)7-5-3-4-6-8-13/h3-10H2,1-2H3. The highest BCUT2D eigenvalue weighted by Gasteiger charge is 2.30. The zero-order chi connectivity index (χ0) is 13.7. The van der Waals surface area contributed by atoms with Crippen molar-refractivity contribution in [2.45, 2.75) is 42.9 Å². The van der Waals surface area contributed by atoms with E-state index < -0.39 is 0 Å². The second kappa shape index (κ2) is 7.27. The molecule has 0 spiro atoms. The van der Waals surface area contributed by atoms with Gasteiger partial charge >= 0.3 is 0 Å². The average molecular weight is 364 g/mol. The van der Waals surface area contributed by atoms with Crippen molar-refractivity contribution in [1.29, 1.82) is 0 Å². The van der Waals surface area contributed by atoms with Crippen molar-refractivity contribution in [3.8, 4) is 0 Å². The summed E-state index contributed by atoms with van der Waals surface area (Å²) in [5, 5.41) is 10.6. The van der Waals surface area contributed by atoms with Gasteiger partial charge < -0.3 is 4.90 Å². The van der Waals surface area contributed by atoms with E-state index in [0.29, 0.717) is 5.41 Å². The number of hydrogen-bond donors (Lipinski definition) is 0. The molecular weight excluding hydrogens is 342 g/mol. The largest absolute Gasteiger partial charge is 0.353 e. The molecule has 19 heavy (non-hydrogen) atoms. The van der Waals surface area contributed by atoms with Crippen LogP contribution in [0.25, 0.3) is 0 Å². The quantitative estimate of drug-likeness (QED) is 0.439. The van der Waals surface area contributed by atoms with Crippen molar-refractivity contribution in [2.24, 2.45) is 5.41 Å². The fourth-order valence-electron chi connectivity index (χ4n) is 2.45. The van der Waals surface area contributed by atoms with E-state index in [1.807, 2.05) is 30.8 Å². The number of anilines is 1. The number of nitrogens with zero attached hydrogens (tertiary/aromatic N) is 3. The van der Waals surface area contributed by atoms with Gasteiger partial charge in [-0.05, 0) is 18.3 Å². The highest BCUT2D eigenvalue weighted by atomic mass is 79.9. The van der Waals surface area contributed by atoms with Crippen LogP contribution < -0.4 is 4.90 Å². The fourth-order valence-corrected chi connectivity index (χ4v) is 5.53. The molecule has 6 heteroatoms. The van der Waals surface area contributed by atoms with Gasteiger partial charge in [0.2, 0.25) is 5.13 Å². The van der Waals surface area contributed by atoms with E-state index in [1.165, 1.54) is 44.3 Å². The number of alkyl halides is 1. The van der Waals surface area contributed by atoms with Crippen molar-refractivity contribution in [3.63, 3.8) is 0 Å². The summed E-state index contributed by atoms with van der Waals surface area (Å²) in [7, 11) is 4.03. The molecule has 0 unspecified atom stereocenters. The Kier molecular flexibility index (Phi) is 5.96. The normalized spacial score (nSPS) is 19.1. The molecule has 1 aromatic heterocycles. The van der Waals surface area contributed by atoms with E-state index >= 15 is 0 Å². The molecule has 1 aliphatic carbocycles. The van der Waals surface area contributed by atoms with E-state index in [9.17, 15) is 0 Å². The molecule has 0 aliphatic heterocycles. The molecule has 1 aliphatic rings. The monoisotopic (exact) mass is 363 g/mol. The van der Waals surface area contributed by atoms with Crippen LogP contribution in [0.1, 0.15) is 38.5 Å². The van der Waals surface area contributed by atoms with E-state index in [1.54, 1.807) is 11.3 Å². The first kappa shape index (κ1) is 15.6. The van der Waals surface area contributed by atoms with E-state index in [0.717, 1.165) is 14.8 Å². The molecule has 3 nitrogen and oxygen atoms in total. The third-order valence-electron chi connectivity index (χ3n) is 3.73. The number of halogens is 1. The summed E-state index contributed by atoms with van der Waals surface area (Å²) in [6.07, 6.45) is 8.28. The van der Waals surface area contributed by atoms with Crippen LogP contribution in [0.2, 0.25) is 0 Å². The number of aromatic nitrogens is 2. The van der Waals surface area contributed by atoms with Gasteiger partial charge in [-0.1, -0.05) is 64.7 Å². The summed E-state index contributed by atoms with van der Waals surface area (Å²) < 4.78 is 1.10. The maximum absolute atomic E-state index is 4.29. The molecule has 0 N–H and O–H groups in total. The Morgan fingerprint density at radius 2 is 1.89 bits per heavy atom. The SMILES string of the molecule is CN(C)c1nnc(SCC2(CBr)CCCCCC2)s1. The van der Waals surface area contributed by atoms with Crippen LogP contribution in [0.15, 0.2) is 4.34 Å². The van der Waals surface area contributed by atoms with Crippen molar-refractivity contribution in [3.05, 3.63) is 0 Å². The summed E-state index contributed by atoms with van der Waals surface area (Å²) in [5.41, 5.74) is 0.463. The molecule has 0 atom stereocenters. The lowest BCUT2D eigenvalue weighted by Crippen LogP contribution is -2.25. The van der Waals surface area contributed by atoms with Crippen molar-refractivity contribution < 1.29 is 0 Å². The first-order valence-electron chi connectivity index (χ1n) is 6.85. The van der Waals surface area contributed by atoms with Gasteiger partial charge in [0.05, 0.1) is 0 Å². The van der Waals surface area contributed by atoms with Crippen LogP contribution in [-0.2, 0) is 0 Å². The van der Waals surface area contributed by atoms with E-state index in [4.69, 9.17) is 0 Å². The third-order valence-corrected chi connectivity index (χ3v) is 7.49. The Hall–Kier alpha value is 0.190. The molecule has 1 heterocycles. The lowest BCUT2D eigenvalue weighted by atomic mass is 9.85. The number of hydrogen-bond acceptors (Lipinski definition) is 5. The molecule has 108 valence electrons. The molecular formula is C13H22BrN3S2. The van der Waals surface area contributed by atoms with Crippen LogP contribution >= 0.6 is 39.0 Å². The summed E-state index contributed by atoms with van der Waals surface area (Å²) >= 11 is 7.33. The zero-order valence-corrected chi connectivity index (χ0v) is 14.9. The molecule has 0 bridgehead atoms. The lowest BCUT2D eigenvalue weighted by molar-refractivity contribution is 0.334. The molecule has 1 fully saturated rings.